The van der Waals surface area contributed by atoms with Crippen molar-refractivity contribution in [3.05, 3.63) is 35.6 Å². The van der Waals surface area contributed by atoms with Crippen LogP contribution in [0.1, 0.15) is 18.9 Å². The third-order valence-corrected chi connectivity index (χ3v) is 4.84. The van der Waals surface area contributed by atoms with E-state index in [0.29, 0.717) is 32.7 Å². The summed E-state index contributed by atoms with van der Waals surface area (Å²) in [6.07, 6.45) is 0.227. The van der Waals surface area contributed by atoms with Gasteiger partial charge in [-0.15, -0.1) is 0 Å². The zero-order chi connectivity index (χ0) is 18.0. The predicted molar refractivity (Wildman–Crippen MR) is 88.8 cm³/mol. The molecule has 3 amide bonds. The average molecular weight is 347 g/mol. The number of amides is 3. The van der Waals surface area contributed by atoms with Gasteiger partial charge >= 0.3 is 0 Å². The molecule has 0 aromatic heterocycles. The van der Waals surface area contributed by atoms with E-state index in [-0.39, 0.29) is 42.4 Å². The molecule has 2 aliphatic heterocycles. The number of carbonyl (C=O) groups excluding carboxylic acids is 3. The van der Waals surface area contributed by atoms with E-state index in [1.54, 1.807) is 26.8 Å². The highest BCUT2D eigenvalue weighted by Crippen LogP contribution is 2.21. The van der Waals surface area contributed by atoms with Crippen LogP contribution in [-0.4, -0.2) is 65.1 Å². The molecule has 1 atom stereocenters. The Balaban J connectivity index is 1.57. The van der Waals surface area contributed by atoms with Gasteiger partial charge in [0.25, 0.3) is 0 Å². The summed E-state index contributed by atoms with van der Waals surface area (Å²) in [4.78, 5) is 41.6. The molecule has 0 bridgehead atoms. The van der Waals surface area contributed by atoms with Crippen molar-refractivity contribution in [1.29, 1.82) is 0 Å². The number of halogens is 1. The fourth-order valence-corrected chi connectivity index (χ4v) is 3.42. The van der Waals surface area contributed by atoms with Gasteiger partial charge in [0.05, 0.1) is 12.5 Å². The van der Waals surface area contributed by atoms with Crippen molar-refractivity contribution < 1.29 is 18.8 Å². The second-order valence-corrected chi connectivity index (χ2v) is 6.54. The number of hydrogen-bond acceptors (Lipinski definition) is 3. The average Bonchev–Trinajstić information content (AvgIpc) is 2.97. The minimum atomic E-state index is -0.352. The quantitative estimate of drug-likeness (QED) is 0.812. The lowest BCUT2D eigenvalue weighted by Crippen LogP contribution is -2.53. The van der Waals surface area contributed by atoms with E-state index >= 15 is 0 Å². The zero-order valence-corrected chi connectivity index (χ0v) is 14.3. The third kappa shape index (κ3) is 3.81. The largest absolute Gasteiger partial charge is 0.342 e. The fourth-order valence-electron chi connectivity index (χ4n) is 3.42. The minimum absolute atomic E-state index is 0.00285. The highest BCUT2D eigenvalue weighted by Gasteiger charge is 2.37. The smallest absolute Gasteiger partial charge is 0.242 e. The number of carbonyl (C=O) groups is 3. The second kappa shape index (κ2) is 7.21. The summed E-state index contributed by atoms with van der Waals surface area (Å²) < 4.78 is 13.3. The first-order chi connectivity index (χ1) is 12.0. The first-order valence-electron chi connectivity index (χ1n) is 8.56. The molecule has 6 nitrogen and oxygen atoms in total. The van der Waals surface area contributed by atoms with Crippen LogP contribution in [0.5, 0.6) is 0 Å². The minimum Gasteiger partial charge on any atom is -0.342 e. The predicted octanol–water partition coefficient (Wildman–Crippen LogP) is 0.865. The topological polar surface area (TPSA) is 60.9 Å². The number of likely N-dealkylation sites (tertiary alicyclic amines) is 1. The number of benzene rings is 1. The monoisotopic (exact) mass is 347 g/mol. The molecule has 1 aromatic rings. The van der Waals surface area contributed by atoms with E-state index in [4.69, 9.17) is 0 Å². The van der Waals surface area contributed by atoms with Crippen molar-refractivity contribution in [1.82, 2.24) is 14.7 Å². The molecular formula is C18H22FN3O3. The maximum atomic E-state index is 13.3. The first-order valence-corrected chi connectivity index (χ1v) is 8.56. The van der Waals surface area contributed by atoms with Crippen molar-refractivity contribution >= 4 is 17.7 Å². The van der Waals surface area contributed by atoms with Gasteiger partial charge in [0.1, 0.15) is 5.82 Å². The highest BCUT2D eigenvalue weighted by molar-refractivity contribution is 5.92. The molecule has 0 N–H and O–H groups in total. The van der Waals surface area contributed by atoms with Crippen LogP contribution in [-0.2, 0) is 20.9 Å². The Morgan fingerprint density at radius 3 is 2.64 bits per heavy atom. The van der Waals surface area contributed by atoms with E-state index in [1.807, 2.05) is 6.92 Å². The van der Waals surface area contributed by atoms with Crippen LogP contribution in [0.25, 0.3) is 0 Å². The number of nitrogens with zero attached hydrogens (tertiary/aromatic N) is 3. The summed E-state index contributed by atoms with van der Waals surface area (Å²) in [6, 6.07) is 6.17. The summed E-state index contributed by atoms with van der Waals surface area (Å²) in [5, 5.41) is 0. The van der Waals surface area contributed by atoms with E-state index in [0.717, 1.165) is 5.56 Å². The van der Waals surface area contributed by atoms with Crippen LogP contribution in [0, 0.1) is 11.7 Å². The van der Waals surface area contributed by atoms with Crippen molar-refractivity contribution in [2.75, 3.05) is 32.7 Å². The van der Waals surface area contributed by atoms with Crippen LogP contribution < -0.4 is 0 Å². The molecule has 25 heavy (non-hydrogen) atoms. The molecule has 0 aliphatic carbocycles. The van der Waals surface area contributed by atoms with E-state index in [1.165, 1.54) is 12.1 Å². The number of rotatable bonds is 4. The summed E-state index contributed by atoms with van der Waals surface area (Å²) in [7, 11) is 0. The lowest BCUT2D eigenvalue weighted by atomic mass is 10.1. The van der Waals surface area contributed by atoms with Crippen molar-refractivity contribution in [3.63, 3.8) is 0 Å². The van der Waals surface area contributed by atoms with Crippen molar-refractivity contribution in [2.45, 2.75) is 19.9 Å². The fraction of sp³-hybridized carbons (Fsp3) is 0.500. The van der Waals surface area contributed by atoms with E-state index in [2.05, 4.69) is 0 Å². The molecular weight excluding hydrogens is 325 g/mol. The molecule has 2 heterocycles. The van der Waals surface area contributed by atoms with Crippen LogP contribution in [0.3, 0.4) is 0 Å². The molecule has 2 saturated heterocycles. The molecule has 2 aliphatic rings. The molecule has 0 saturated carbocycles. The lowest BCUT2D eigenvalue weighted by Gasteiger charge is -2.35. The Labute approximate surface area is 146 Å². The Kier molecular flexibility index (Phi) is 5.01. The molecule has 3 rings (SSSR count). The second-order valence-electron chi connectivity index (χ2n) is 6.54. The molecule has 2 fully saturated rings. The summed E-state index contributed by atoms with van der Waals surface area (Å²) in [5.41, 5.74) is 0.730. The third-order valence-electron chi connectivity index (χ3n) is 4.84. The van der Waals surface area contributed by atoms with Gasteiger partial charge in [-0.05, 0) is 24.6 Å². The number of piperazine rings is 1. The van der Waals surface area contributed by atoms with E-state index < -0.39 is 0 Å². The van der Waals surface area contributed by atoms with Gasteiger partial charge in [0, 0.05) is 39.1 Å². The van der Waals surface area contributed by atoms with Crippen molar-refractivity contribution in [3.8, 4) is 0 Å². The van der Waals surface area contributed by atoms with E-state index in [9.17, 15) is 18.8 Å². The molecule has 0 spiro atoms. The van der Waals surface area contributed by atoms with Crippen LogP contribution in [0.15, 0.2) is 24.3 Å². The van der Waals surface area contributed by atoms with Crippen molar-refractivity contribution in [2.24, 2.45) is 5.92 Å². The standard InChI is InChI=1S/C18H22FN3O3/c1-2-20-11-14(9-16(20)23)18(25)22-7-6-21(17(24)12-22)10-13-4-3-5-15(19)8-13/h3-5,8,14H,2,6-7,9-12H2,1H3. The van der Waals surface area contributed by atoms with Crippen LogP contribution >= 0.6 is 0 Å². The van der Waals surface area contributed by atoms with Gasteiger partial charge in [-0.25, -0.2) is 4.39 Å². The van der Waals surface area contributed by atoms with Gasteiger partial charge < -0.3 is 14.7 Å². The maximum absolute atomic E-state index is 13.3. The summed E-state index contributed by atoms with van der Waals surface area (Å²) >= 11 is 0. The van der Waals surface area contributed by atoms with Gasteiger partial charge in [0.15, 0.2) is 0 Å². The normalized spacial score (nSPS) is 21.2. The zero-order valence-electron chi connectivity index (χ0n) is 14.3. The van der Waals surface area contributed by atoms with Gasteiger partial charge in [0.2, 0.25) is 17.7 Å². The molecule has 0 radical (unpaired) electrons. The Morgan fingerprint density at radius 1 is 1.20 bits per heavy atom. The van der Waals surface area contributed by atoms with Gasteiger partial charge in [-0.2, -0.15) is 0 Å². The van der Waals surface area contributed by atoms with Crippen LogP contribution in [0.4, 0.5) is 4.39 Å². The molecule has 7 heteroatoms. The van der Waals surface area contributed by atoms with Gasteiger partial charge in [-0.3, -0.25) is 14.4 Å². The van der Waals surface area contributed by atoms with Crippen LogP contribution in [0.2, 0.25) is 0 Å². The SMILES string of the molecule is CCN1CC(C(=O)N2CCN(Cc3cccc(F)c3)C(=O)C2)CC1=O. The molecule has 134 valence electrons. The first kappa shape index (κ1) is 17.4. The lowest BCUT2D eigenvalue weighted by molar-refractivity contribution is -0.147. The Hall–Kier alpha value is -2.44. The summed E-state index contributed by atoms with van der Waals surface area (Å²) in [5.74, 6) is -0.958. The summed E-state index contributed by atoms with van der Waals surface area (Å²) in [6.45, 7) is 4.14. The Bertz CT molecular complexity index is 694. The molecule has 1 aromatic carbocycles. The van der Waals surface area contributed by atoms with Gasteiger partial charge in [-0.1, -0.05) is 12.1 Å². The maximum Gasteiger partial charge on any atom is 0.242 e. The number of hydrogen-bond donors (Lipinski definition) is 0. The Morgan fingerprint density at radius 2 is 2.00 bits per heavy atom. The molecule has 1 unspecified atom stereocenters. The highest BCUT2D eigenvalue weighted by atomic mass is 19.1.